The van der Waals surface area contributed by atoms with Crippen LogP contribution in [0.5, 0.6) is 0 Å². The molecule has 0 aliphatic carbocycles. The summed E-state index contributed by atoms with van der Waals surface area (Å²) in [4.78, 5) is 1.76. The highest BCUT2D eigenvalue weighted by Crippen LogP contribution is 2.15. The molecule has 76 valence electrons. The zero-order valence-electron chi connectivity index (χ0n) is 8.12. The summed E-state index contributed by atoms with van der Waals surface area (Å²) < 4.78 is 10.7. The average molecular weight is 187 g/mol. The number of rotatable bonds is 3. The van der Waals surface area contributed by atoms with E-state index in [1.54, 1.807) is 12.0 Å². The van der Waals surface area contributed by atoms with Crippen molar-refractivity contribution in [2.45, 2.75) is 19.1 Å². The third-order valence-corrected chi connectivity index (χ3v) is 2.24. The van der Waals surface area contributed by atoms with Gasteiger partial charge in [0.15, 0.2) is 5.96 Å². The van der Waals surface area contributed by atoms with Crippen molar-refractivity contribution in [3.63, 3.8) is 0 Å². The second-order valence-corrected chi connectivity index (χ2v) is 3.06. The van der Waals surface area contributed by atoms with E-state index >= 15 is 0 Å². The average Bonchev–Trinajstić information content (AvgIpc) is 2.48. The van der Waals surface area contributed by atoms with Gasteiger partial charge in [-0.3, -0.25) is 5.41 Å². The van der Waals surface area contributed by atoms with Crippen LogP contribution in [0.4, 0.5) is 0 Å². The van der Waals surface area contributed by atoms with Crippen molar-refractivity contribution >= 4 is 5.96 Å². The van der Waals surface area contributed by atoms with E-state index in [1.807, 2.05) is 6.92 Å². The van der Waals surface area contributed by atoms with Crippen molar-refractivity contribution in [2.75, 3.05) is 26.8 Å². The molecule has 0 aromatic heterocycles. The van der Waals surface area contributed by atoms with Crippen LogP contribution in [0, 0.1) is 5.41 Å². The molecule has 1 rings (SSSR count). The maximum Gasteiger partial charge on any atom is 0.188 e. The van der Waals surface area contributed by atoms with Gasteiger partial charge in [-0.2, -0.15) is 0 Å². The second kappa shape index (κ2) is 4.43. The molecule has 5 heteroatoms. The van der Waals surface area contributed by atoms with Gasteiger partial charge in [0.1, 0.15) is 12.2 Å². The molecule has 1 heterocycles. The first-order valence-electron chi connectivity index (χ1n) is 4.42. The molecule has 0 aromatic carbocycles. The van der Waals surface area contributed by atoms with Gasteiger partial charge in [-0.1, -0.05) is 0 Å². The Labute approximate surface area is 78.3 Å². The van der Waals surface area contributed by atoms with Crippen molar-refractivity contribution < 1.29 is 9.47 Å². The number of likely N-dealkylation sites (tertiary alicyclic amines) is 1. The van der Waals surface area contributed by atoms with Gasteiger partial charge < -0.3 is 20.1 Å². The maximum absolute atomic E-state index is 7.27. The van der Waals surface area contributed by atoms with Gasteiger partial charge >= 0.3 is 0 Å². The van der Waals surface area contributed by atoms with Crippen molar-refractivity contribution in [3.8, 4) is 0 Å². The molecule has 0 radical (unpaired) electrons. The molecule has 2 atom stereocenters. The number of methoxy groups -OCH3 is 1. The highest BCUT2D eigenvalue weighted by molar-refractivity contribution is 5.75. The Morgan fingerprint density at radius 3 is 2.62 bits per heavy atom. The predicted octanol–water partition coefficient (Wildman–Crippen LogP) is -0.384. The summed E-state index contributed by atoms with van der Waals surface area (Å²) in [5.74, 6) is 0.0873. The third-order valence-electron chi connectivity index (χ3n) is 2.24. The number of nitrogens with two attached hydrogens (primary N) is 1. The fourth-order valence-corrected chi connectivity index (χ4v) is 1.54. The topological polar surface area (TPSA) is 71.6 Å². The normalized spacial score (nSPS) is 28.0. The lowest BCUT2D eigenvalue weighted by Crippen LogP contribution is -2.35. The first kappa shape index (κ1) is 10.3. The van der Waals surface area contributed by atoms with E-state index in [-0.39, 0.29) is 18.2 Å². The van der Waals surface area contributed by atoms with Gasteiger partial charge in [-0.15, -0.1) is 0 Å². The Hall–Kier alpha value is -0.810. The Balaban J connectivity index is 2.50. The quantitative estimate of drug-likeness (QED) is 0.466. The lowest BCUT2D eigenvalue weighted by atomic mass is 10.2. The molecular weight excluding hydrogens is 170 g/mol. The Bertz CT molecular complexity index is 186. The predicted molar refractivity (Wildman–Crippen MR) is 49.7 cm³/mol. The van der Waals surface area contributed by atoms with Crippen LogP contribution in [0.1, 0.15) is 6.92 Å². The molecule has 0 bridgehead atoms. The molecule has 3 N–H and O–H groups in total. The molecule has 1 aliphatic heterocycles. The summed E-state index contributed by atoms with van der Waals surface area (Å²) >= 11 is 0. The van der Waals surface area contributed by atoms with Crippen LogP contribution < -0.4 is 5.73 Å². The molecular formula is C8H17N3O2. The summed E-state index contributed by atoms with van der Waals surface area (Å²) in [5.41, 5.74) is 5.37. The van der Waals surface area contributed by atoms with E-state index in [2.05, 4.69) is 0 Å². The van der Waals surface area contributed by atoms with Gasteiger partial charge in [-0.05, 0) is 6.92 Å². The first-order chi connectivity index (χ1) is 6.19. The largest absolute Gasteiger partial charge is 0.377 e. The zero-order valence-corrected chi connectivity index (χ0v) is 8.12. The molecule has 1 saturated heterocycles. The van der Waals surface area contributed by atoms with E-state index in [0.717, 1.165) is 0 Å². The van der Waals surface area contributed by atoms with Gasteiger partial charge in [-0.25, -0.2) is 0 Å². The van der Waals surface area contributed by atoms with Crippen molar-refractivity contribution in [2.24, 2.45) is 5.73 Å². The molecule has 0 unspecified atom stereocenters. The Kier molecular flexibility index (Phi) is 3.50. The fraction of sp³-hybridized carbons (Fsp3) is 0.875. The van der Waals surface area contributed by atoms with E-state index in [0.29, 0.717) is 19.7 Å². The first-order valence-corrected chi connectivity index (χ1v) is 4.42. The molecule has 0 amide bonds. The molecule has 0 aromatic rings. The summed E-state index contributed by atoms with van der Waals surface area (Å²) in [7, 11) is 1.65. The minimum absolute atomic E-state index is 0.0313. The van der Waals surface area contributed by atoms with E-state index < -0.39 is 0 Å². The minimum Gasteiger partial charge on any atom is -0.377 e. The van der Waals surface area contributed by atoms with Crippen molar-refractivity contribution in [3.05, 3.63) is 0 Å². The Morgan fingerprint density at radius 2 is 2.15 bits per heavy atom. The van der Waals surface area contributed by atoms with Crippen LogP contribution in [0.2, 0.25) is 0 Å². The number of ether oxygens (including phenoxy) is 2. The van der Waals surface area contributed by atoms with E-state index in [9.17, 15) is 0 Å². The number of guanidine groups is 1. The summed E-state index contributed by atoms with van der Waals surface area (Å²) in [6.07, 6.45) is 0.0720. The van der Waals surface area contributed by atoms with Crippen LogP contribution in [-0.2, 0) is 9.47 Å². The van der Waals surface area contributed by atoms with Crippen molar-refractivity contribution in [1.82, 2.24) is 4.90 Å². The number of nitrogens with zero attached hydrogens (tertiary/aromatic N) is 1. The van der Waals surface area contributed by atoms with Gasteiger partial charge in [0.05, 0.1) is 0 Å². The smallest absolute Gasteiger partial charge is 0.188 e. The number of nitrogens with one attached hydrogen (secondary N) is 1. The molecule has 5 nitrogen and oxygen atoms in total. The number of hydrogen-bond donors (Lipinski definition) is 2. The van der Waals surface area contributed by atoms with E-state index in [4.69, 9.17) is 20.6 Å². The lowest BCUT2D eigenvalue weighted by Gasteiger charge is -2.15. The maximum atomic E-state index is 7.27. The number of hydrogen-bond acceptors (Lipinski definition) is 3. The highest BCUT2D eigenvalue weighted by Gasteiger charge is 2.33. The van der Waals surface area contributed by atoms with Gasteiger partial charge in [0.25, 0.3) is 0 Å². The minimum atomic E-state index is 0.0313. The van der Waals surface area contributed by atoms with Crippen LogP contribution >= 0.6 is 0 Å². The lowest BCUT2D eigenvalue weighted by molar-refractivity contribution is -0.0233. The standard InChI is InChI=1S/C8H17N3O2/c1-3-13-7-5-11(8(9)10)4-6(7)12-2/h6-7H,3-5H2,1-2H3,(H3,9,10)/t6-,7-/m0/s1. The van der Waals surface area contributed by atoms with Crippen LogP contribution in [0.25, 0.3) is 0 Å². The molecule has 1 aliphatic rings. The molecule has 13 heavy (non-hydrogen) atoms. The highest BCUT2D eigenvalue weighted by atomic mass is 16.5. The Morgan fingerprint density at radius 1 is 1.54 bits per heavy atom. The van der Waals surface area contributed by atoms with Crippen LogP contribution in [0.15, 0.2) is 0 Å². The van der Waals surface area contributed by atoms with Gasteiger partial charge in [0, 0.05) is 26.8 Å². The van der Waals surface area contributed by atoms with Crippen molar-refractivity contribution in [1.29, 1.82) is 5.41 Å². The summed E-state index contributed by atoms with van der Waals surface area (Å²) in [5, 5.41) is 7.27. The molecule has 0 saturated carbocycles. The molecule has 1 fully saturated rings. The SMILES string of the molecule is CCO[C@H]1CN(C(=N)N)C[C@@H]1OC. The zero-order chi connectivity index (χ0) is 9.84. The summed E-state index contributed by atoms with van der Waals surface area (Å²) in [6.45, 7) is 3.91. The molecule has 0 spiro atoms. The monoisotopic (exact) mass is 187 g/mol. The van der Waals surface area contributed by atoms with Crippen LogP contribution in [0.3, 0.4) is 0 Å². The fourth-order valence-electron chi connectivity index (χ4n) is 1.54. The third kappa shape index (κ3) is 2.32. The summed E-state index contributed by atoms with van der Waals surface area (Å²) in [6, 6.07) is 0. The van der Waals surface area contributed by atoms with Gasteiger partial charge in [0.2, 0.25) is 0 Å². The van der Waals surface area contributed by atoms with E-state index in [1.165, 1.54) is 0 Å². The second-order valence-electron chi connectivity index (χ2n) is 3.06. The van der Waals surface area contributed by atoms with Crippen LogP contribution in [-0.4, -0.2) is 49.9 Å².